The molecule has 2 heteroatoms. The maximum absolute atomic E-state index is 12.1. The molecule has 0 spiro atoms. The van der Waals surface area contributed by atoms with Gasteiger partial charge in [0.2, 0.25) is 0 Å². The van der Waals surface area contributed by atoms with E-state index in [9.17, 15) is 4.39 Å². The van der Waals surface area contributed by atoms with Crippen molar-refractivity contribution in [2.75, 3.05) is 6.67 Å². The molecule has 0 unspecified atom stereocenters. The number of hydrogen-bond acceptors (Lipinski definition) is 1. The largest absolute Gasteiger partial charge is 0.247 e. The average molecular weight is 339 g/mol. The number of nitriles is 1. The molecule has 0 amide bonds. The van der Waals surface area contributed by atoms with Gasteiger partial charge in [-0.2, -0.15) is 5.26 Å². The summed E-state index contributed by atoms with van der Waals surface area (Å²) in [5, 5.41) is 8.93. The molecule has 0 heterocycles. The lowest BCUT2D eigenvalue weighted by molar-refractivity contribution is 0.160. The van der Waals surface area contributed by atoms with Crippen LogP contribution >= 0.6 is 0 Å². The molecule has 0 saturated heterocycles. The summed E-state index contributed by atoms with van der Waals surface area (Å²) in [5.41, 5.74) is 2.18. The molecule has 0 N–H and O–H groups in total. The second-order valence-electron chi connectivity index (χ2n) is 7.99. The fourth-order valence-corrected chi connectivity index (χ4v) is 5.00. The van der Waals surface area contributed by atoms with Crippen LogP contribution in [0.4, 0.5) is 4.39 Å². The van der Waals surface area contributed by atoms with E-state index in [0.717, 1.165) is 29.7 Å². The topological polar surface area (TPSA) is 23.8 Å². The molecule has 0 atom stereocenters. The van der Waals surface area contributed by atoms with Gasteiger partial charge in [0.25, 0.3) is 0 Å². The Hall–Kier alpha value is -1.62. The van der Waals surface area contributed by atoms with E-state index in [1.54, 1.807) is 6.08 Å². The van der Waals surface area contributed by atoms with Crippen molar-refractivity contribution in [1.29, 1.82) is 5.26 Å². The van der Waals surface area contributed by atoms with E-state index < -0.39 is 0 Å². The zero-order valence-corrected chi connectivity index (χ0v) is 15.2. The molecule has 2 saturated carbocycles. The first kappa shape index (κ1) is 18.2. The van der Waals surface area contributed by atoms with Gasteiger partial charge in [-0.15, -0.1) is 0 Å². The molecule has 2 aliphatic rings. The number of alkyl halides is 1. The molecular weight excluding hydrogens is 309 g/mol. The van der Waals surface area contributed by atoms with Gasteiger partial charge in [0.1, 0.15) is 6.67 Å². The predicted octanol–water partition coefficient (Wildman–Crippen LogP) is 6.55. The molecule has 0 aliphatic heterocycles. The number of nitrogens with zero attached hydrogens (tertiary/aromatic N) is 1. The Balaban J connectivity index is 1.43. The van der Waals surface area contributed by atoms with Crippen LogP contribution in [0.2, 0.25) is 0 Å². The highest BCUT2D eigenvalue weighted by atomic mass is 19.1. The SMILES string of the molecule is N#Cc1ccc(C2CCC(C3CCC(C/C=C/CF)CC3)CC2)cc1. The van der Waals surface area contributed by atoms with Crippen molar-refractivity contribution in [3.05, 3.63) is 47.5 Å². The third kappa shape index (κ3) is 4.94. The molecule has 25 heavy (non-hydrogen) atoms. The second kappa shape index (κ2) is 9.18. The monoisotopic (exact) mass is 339 g/mol. The van der Waals surface area contributed by atoms with Crippen LogP contribution in [0.3, 0.4) is 0 Å². The Morgan fingerprint density at radius 1 is 0.880 bits per heavy atom. The first-order chi connectivity index (χ1) is 12.3. The Labute approximate surface area is 151 Å². The molecule has 2 fully saturated rings. The number of halogens is 1. The Bertz CT molecular complexity index is 582. The van der Waals surface area contributed by atoms with E-state index in [4.69, 9.17) is 5.26 Å². The van der Waals surface area contributed by atoms with E-state index >= 15 is 0 Å². The Kier molecular flexibility index (Phi) is 6.68. The number of allylic oxidation sites excluding steroid dienone is 2. The molecule has 1 aromatic carbocycles. The van der Waals surface area contributed by atoms with E-state index in [1.807, 2.05) is 18.2 Å². The molecule has 0 bridgehead atoms. The lowest BCUT2D eigenvalue weighted by atomic mass is 9.68. The van der Waals surface area contributed by atoms with Crippen LogP contribution in [0.15, 0.2) is 36.4 Å². The van der Waals surface area contributed by atoms with Crippen LogP contribution in [0.5, 0.6) is 0 Å². The minimum absolute atomic E-state index is 0.322. The summed E-state index contributed by atoms with van der Waals surface area (Å²) in [6.07, 6.45) is 15.5. The van der Waals surface area contributed by atoms with Crippen LogP contribution in [0, 0.1) is 29.1 Å². The van der Waals surface area contributed by atoms with Gasteiger partial charge in [0, 0.05) is 0 Å². The molecule has 1 nitrogen and oxygen atoms in total. The van der Waals surface area contributed by atoms with Crippen LogP contribution in [-0.4, -0.2) is 6.67 Å². The Morgan fingerprint density at radius 3 is 2.04 bits per heavy atom. The lowest BCUT2D eigenvalue weighted by Gasteiger charge is -2.38. The van der Waals surface area contributed by atoms with Crippen molar-refractivity contribution in [3.8, 4) is 6.07 Å². The summed E-state index contributed by atoms with van der Waals surface area (Å²) in [7, 11) is 0. The van der Waals surface area contributed by atoms with Crippen molar-refractivity contribution in [3.63, 3.8) is 0 Å². The second-order valence-corrected chi connectivity index (χ2v) is 7.99. The molecule has 0 radical (unpaired) electrons. The van der Waals surface area contributed by atoms with Gasteiger partial charge in [-0.05, 0) is 99.2 Å². The zero-order valence-electron chi connectivity index (χ0n) is 15.2. The number of benzene rings is 1. The highest BCUT2D eigenvalue weighted by Gasteiger charge is 2.30. The van der Waals surface area contributed by atoms with E-state index in [-0.39, 0.29) is 6.67 Å². The highest BCUT2D eigenvalue weighted by Crippen LogP contribution is 2.44. The van der Waals surface area contributed by atoms with Crippen LogP contribution < -0.4 is 0 Å². The van der Waals surface area contributed by atoms with E-state index in [1.165, 1.54) is 56.9 Å². The van der Waals surface area contributed by atoms with Gasteiger partial charge in [0.05, 0.1) is 11.6 Å². The maximum atomic E-state index is 12.1. The molecule has 0 aromatic heterocycles. The first-order valence-corrected chi connectivity index (χ1v) is 10.0. The summed E-state index contributed by atoms with van der Waals surface area (Å²) >= 11 is 0. The van der Waals surface area contributed by atoms with Gasteiger partial charge in [-0.25, -0.2) is 4.39 Å². The molecule has 3 rings (SSSR count). The predicted molar refractivity (Wildman–Crippen MR) is 101 cm³/mol. The number of rotatable bonds is 5. The van der Waals surface area contributed by atoms with Crippen LogP contribution in [-0.2, 0) is 0 Å². The molecule has 134 valence electrons. The molecular formula is C23H30FN. The summed E-state index contributed by atoms with van der Waals surface area (Å²) in [4.78, 5) is 0. The summed E-state index contributed by atoms with van der Waals surface area (Å²) in [5.74, 6) is 3.31. The molecule has 2 aliphatic carbocycles. The smallest absolute Gasteiger partial charge is 0.108 e. The fourth-order valence-electron chi connectivity index (χ4n) is 5.00. The highest BCUT2D eigenvalue weighted by molar-refractivity contribution is 5.33. The summed E-state index contributed by atoms with van der Waals surface area (Å²) < 4.78 is 12.1. The standard InChI is InChI=1S/C23H30FN/c24-16-2-1-3-18-4-8-20(9-5-18)22-12-14-23(15-13-22)21-10-6-19(17-25)7-11-21/h1-2,6-7,10-11,18,20,22-23H,3-5,8-9,12-16H2/b2-1+. The third-order valence-electron chi connectivity index (χ3n) is 6.57. The van der Waals surface area contributed by atoms with Crippen LogP contribution in [0.1, 0.15) is 74.8 Å². The summed E-state index contributed by atoms with van der Waals surface area (Å²) in [6.45, 7) is -0.322. The van der Waals surface area contributed by atoms with Gasteiger partial charge < -0.3 is 0 Å². The van der Waals surface area contributed by atoms with E-state index in [2.05, 4.69) is 18.2 Å². The van der Waals surface area contributed by atoms with Gasteiger partial charge >= 0.3 is 0 Å². The van der Waals surface area contributed by atoms with Gasteiger partial charge in [-0.1, -0.05) is 24.3 Å². The van der Waals surface area contributed by atoms with Gasteiger partial charge in [0.15, 0.2) is 0 Å². The van der Waals surface area contributed by atoms with Crippen molar-refractivity contribution in [1.82, 2.24) is 0 Å². The minimum Gasteiger partial charge on any atom is -0.247 e. The Morgan fingerprint density at radius 2 is 1.48 bits per heavy atom. The third-order valence-corrected chi connectivity index (χ3v) is 6.57. The average Bonchev–Trinajstić information content (AvgIpc) is 2.69. The maximum Gasteiger partial charge on any atom is 0.108 e. The van der Waals surface area contributed by atoms with Crippen LogP contribution in [0.25, 0.3) is 0 Å². The van der Waals surface area contributed by atoms with Crippen molar-refractivity contribution in [2.45, 2.75) is 63.7 Å². The molecule has 1 aromatic rings. The normalized spacial score (nSPS) is 30.2. The van der Waals surface area contributed by atoms with Gasteiger partial charge in [-0.3, -0.25) is 0 Å². The minimum atomic E-state index is -0.322. The van der Waals surface area contributed by atoms with Crippen molar-refractivity contribution in [2.24, 2.45) is 17.8 Å². The van der Waals surface area contributed by atoms with Crippen molar-refractivity contribution >= 4 is 0 Å². The van der Waals surface area contributed by atoms with E-state index in [0.29, 0.717) is 5.92 Å². The quantitative estimate of drug-likeness (QED) is 0.558. The number of hydrogen-bond donors (Lipinski definition) is 0. The zero-order chi connectivity index (χ0) is 17.5. The summed E-state index contributed by atoms with van der Waals surface area (Å²) in [6, 6.07) is 10.4. The lowest BCUT2D eigenvalue weighted by Crippen LogP contribution is -2.25. The first-order valence-electron chi connectivity index (χ1n) is 10.0. The van der Waals surface area contributed by atoms with Crippen molar-refractivity contribution < 1.29 is 4.39 Å². The fraction of sp³-hybridized carbons (Fsp3) is 0.609.